The monoisotopic (exact) mass is 318 g/mol. The second-order valence-corrected chi connectivity index (χ2v) is 5.05. The molecule has 0 radical (unpaired) electrons. The van der Waals surface area contributed by atoms with Gasteiger partial charge in [-0.2, -0.15) is 0 Å². The Kier molecular flexibility index (Phi) is 3.38. The predicted octanol–water partition coefficient (Wildman–Crippen LogP) is 3.88. The first-order valence-corrected chi connectivity index (χ1v) is 6.61. The van der Waals surface area contributed by atoms with E-state index in [-0.39, 0.29) is 21.8 Å². The number of nitrogens with one attached hydrogen (secondary N) is 1. The van der Waals surface area contributed by atoms with Crippen molar-refractivity contribution in [2.75, 3.05) is 5.32 Å². The fourth-order valence-corrected chi connectivity index (χ4v) is 2.46. The normalized spacial score (nSPS) is 14.8. The van der Waals surface area contributed by atoms with E-state index < -0.39 is 16.6 Å². The number of nitrogens with zero attached hydrogens (tertiary/aromatic N) is 1. The van der Waals surface area contributed by atoms with Gasteiger partial charge in [-0.15, -0.1) is 0 Å². The Morgan fingerprint density at radius 2 is 2.00 bits per heavy atom. The van der Waals surface area contributed by atoms with E-state index in [9.17, 15) is 19.3 Å². The molecular formula is C15H8ClFN2O3. The number of amides is 1. The van der Waals surface area contributed by atoms with E-state index in [1.54, 1.807) is 6.07 Å². The van der Waals surface area contributed by atoms with Gasteiger partial charge < -0.3 is 5.32 Å². The first kappa shape index (κ1) is 14.2. The van der Waals surface area contributed by atoms with Crippen molar-refractivity contribution in [1.82, 2.24) is 0 Å². The van der Waals surface area contributed by atoms with Gasteiger partial charge in [0.05, 0.1) is 10.6 Å². The molecule has 2 aromatic rings. The summed E-state index contributed by atoms with van der Waals surface area (Å²) in [7, 11) is 0. The fraction of sp³-hybridized carbons (Fsp3) is 0. The number of anilines is 1. The first-order chi connectivity index (χ1) is 10.5. The summed E-state index contributed by atoms with van der Waals surface area (Å²) in [4.78, 5) is 22.4. The molecule has 110 valence electrons. The number of nitro groups is 1. The molecule has 0 atom stereocenters. The molecule has 22 heavy (non-hydrogen) atoms. The molecule has 5 nitrogen and oxygen atoms in total. The van der Waals surface area contributed by atoms with E-state index in [0.717, 1.165) is 0 Å². The number of carbonyl (C=O) groups excluding carboxylic acids is 1. The molecule has 0 saturated carbocycles. The maximum absolute atomic E-state index is 13.7. The molecule has 1 N–H and O–H groups in total. The fourth-order valence-electron chi connectivity index (χ4n) is 2.23. The number of halogens is 2. The number of carbonyl (C=O) groups is 1. The van der Waals surface area contributed by atoms with Crippen LogP contribution < -0.4 is 5.32 Å². The molecule has 7 heteroatoms. The minimum absolute atomic E-state index is 0.0730. The summed E-state index contributed by atoms with van der Waals surface area (Å²) in [6, 6.07) is 8.47. The highest BCUT2D eigenvalue weighted by atomic mass is 35.5. The highest BCUT2D eigenvalue weighted by Gasteiger charge is 2.28. The zero-order chi connectivity index (χ0) is 15.9. The summed E-state index contributed by atoms with van der Waals surface area (Å²) < 4.78 is 13.7. The lowest BCUT2D eigenvalue weighted by molar-refractivity contribution is -0.384. The van der Waals surface area contributed by atoms with Gasteiger partial charge in [-0.25, -0.2) is 4.39 Å². The van der Waals surface area contributed by atoms with E-state index in [1.165, 1.54) is 36.4 Å². The quantitative estimate of drug-likeness (QED) is 0.519. The van der Waals surface area contributed by atoms with Crippen molar-refractivity contribution in [2.45, 2.75) is 0 Å². The van der Waals surface area contributed by atoms with Crippen molar-refractivity contribution in [3.8, 4) is 0 Å². The molecule has 0 fully saturated rings. The van der Waals surface area contributed by atoms with Gasteiger partial charge in [-0.3, -0.25) is 14.9 Å². The highest BCUT2D eigenvalue weighted by Crippen LogP contribution is 2.39. The molecule has 0 spiro atoms. The van der Waals surface area contributed by atoms with Crippen molar-refractivity contribution in [1.29, 1.82) is 0 Å². The number of benzene rings is 2. The minimum Gasteiger partial charge on any atom is -0.321 e. The van der Waals surface area contributed by atoms with Crippen LogP contribution in [0, 0.1) is 15.9 Å². The maximum atomic E-state index is 13.7. The van der Waals surface area contributed by atoms with Gasteiger partial charge in [0, 0.05) is 22.8 Å². The molecule has 0 saturated heterocycles. The molecule has 2 aromatic carbocycles. The average Bonchev–Trinajstić information content (AvgIpc) is 2.75. The van der Waals surface area contributed by atoms with Gasteiger partial charge in [-0.05, 0) is 18.2 Å². The van der Waals surface area contributed by atoms with Gasteiger partial charge >= 0.3 is 0 Å². The van der Waals surface area contributed by atoms with Crippen molar-refractivity contribution >= 4 is 40.5 Å². The SMILES string of the molecule is O=C1Nc2cc(Cl)c([N+](=O)[O-])cc2/C1=C\c1ccccc1F. The summed E-state index contributed by atoms with van der Waals surface area (Å²) in [5, 5.41) is 13.4. The lowest BCUT2D eigenvalue weighted by atomic mass is 10.0. The molecule has 0 bridgehead atoms. The largest absolute Gasteiger partial charge is 0.321 e. The van der Waals surface area contributed by atoms with Crippen molar-refractivity contribution in [2.24, 2.45) is 0 Å². The number of hydrogen-bond acceptors (Lipinski definition) is 3. The van der Waals surface area contributed by atoms with Crippen LogP contribution in [0.15, 0.2) is 36.4 Å². The zero-order valence-electron chi connectivity index (χ0n) is 11.0. The summed E-state index contributed by atoms with van der Waals surface area (Å²) >= 11 is 5.81. The third kappa shape index (κ3) is 2.33. The molecule has 3 rings (SSSR count). The Bertz CT molecular complexity index is 849. The van der Waals surface area contributed by atoms with Gasteiger partial charge in [0.1, 0.15) is 10.8 Å². The van der Waals surface area contributed by atoms with Crippen LogP contribution >= 0.6 is 11.6 Å². The number of rotatable bonds is 2. The number of fused-ring (bicyclic) bond motifs is 1. The Balaban J connectivity index is 2.17. The van der Waals surface area contributed by atoms with Gasteiger partial charge in [0.2, 0.25) is 0 Å². The lowest BCUT2D eigenvalue weighted by Crippen LogP contribution is -2.03. The van der Waals surface area contributed by atoms with Crippen molar-refractivity contribution in [3.63, 3.8) is 0 Å². The standard InChI is InChI=1S/C15H8ClFN2O3/c16-11-7-13-9(6-14(11)19(21)22)10(15(20)18-13)5-8-3-1-2-4-12(8)17/h1-7H,(H,18,20)/b10-5+. The predicted molar refractivity (Wildman–Crippen MR) is 81.0 cm³/mol. The van der Waals surface area contributed by atoms with Crippen LogP contribution in [0.3, 0.4) is 0 Å². The highest BCUT2D eigenvalue weighted by molar-refractivity contribution is 6.37. The van der Waals surface area contributed by atoms with Gasteiger partial charge in [0.15, 0.2) is 0 Å². The zero-order valence-corrected chi connectivity index (χ0v) is 11.7. The van der Waals surface area contributed by atoms with E-state index in [4.69, 9.17) is 11.6 Å². The molecule has 1 aliphatic rings. The van der Waals surface area contributed by atoms with Crippen LogP contribution in [0.5, 0.6) is 0 Å². The van der Waals surface area contributed by atoms with Crippen LogP contribution in [0.1, 0.15) is 11.1 Å². The number of nitro benzene ring substituents is 1. The Morgan fingerprint density at radius 1 is 1.27 bits per heavy atom. The van der Waals surface area contributed by atoms with Crippen molar-refractivity contribution in [3.05, 3.63) is 68.5 Å². The topological polar surface area (TPSA) is 72.2 Å². The summed E-state index contributed by atoms with van der Waals surface area (Å²) in [6.07, 6.45) is 1.36. The second-order valence-electron chi connectivity index (χ2n) is 4.64. The van der Waals surface area contributed by atoms with Crippen molar-refractivity contribution < 1.29 is 14.1 Å². The first-order valence-electron chi connectivity index (χ1n) is 6.23. The summed E-state index contributed by atoms with van der Waals surface area (Å²) in [6.45, 7) is 0. The van der Waals surface area contributed by atoms with Crippen LogP contribution in [0.2, 0.25) is 5.02 Å². The van der Waals surface area contributed by atoms with Gasteiger partial charge in [-0.1, -0.05) is 29.8 Å². The smallest absolute Gasteiger partial charge is 0.288 e. The third-order valence-electron chi connectivity index (χ3n) is 3.27. The molecule has 0 aromatic heterocycles. The second kappa shape index (κ2) is 5.23. The molecule has 1 heterocycles. The summed E-state index contributed by atoms with van der Waals surface area (Å²) in [5.41, 5.74) is 0.752. The molecule has 0 aliphatic carbocycles. The van der Waals surface area contributed by atoms with Crippen LogP contribution in [-0.2, 0) is 4.79 Å². The molecule has 1 aliphatic heterocycles. The van der Waals surface area contributed by atoms with E-state index >= 15 is 0 Å². The molecule has 1 amide bonds. The third-order valence-corrected chi connectivity index (χ3v) is 3.57. The molecule has 0 unspecified atom stereocenters. The van der Waals surface area contributed by atoms with Crippen LogP contribution in [0.4, 0.5) is 15.8 Å². The van der Waals surface area contributed by atoms with E-state index in [0.29, 0.717) is 11.3 Å². The van der Waals surface area contributed by atoms with Crippen LogP contribution in [0.25, 0.3) is 11.6 Å². The maximum Gasteiger partial charge on any atom is 0.288 e. The minimum atomic E-state index is -0.633. The molecular weight excluding hydrogens is 311 g/mol. The van der Waals surface area contributed by atoms with Crippen LogP contribution in [-0.4, -0.2) is 10.8 Å². The lowest BCUT2D eigenvalue weighted by Gasteiger charge is -2.01. The van der Waals surface area contributed by atoms with Gasteiger partial charge in [0.25, 0.3) is 11.6 Å². The Hall–Kier alpha value is -2.73. The van der Waals surface area contributed by atoms with E-state index in [1.807, 2.05) is 0 Å². The van der Waals surface area contributed by atoms with E-state index in [2.05, 4.69) is 5.32 Å². The Labute approximate surface area is 129 Å². The summed E-state index contributed by atoms with van der Waals surface area (Å²) in [5.74, 6) is -0.950. The number of hydrogen-bond donors (Lipinski definition) is 1. The Morgan fingerprint density at radius 3 is 2.68 bits per heavy atom. The average molecular weight is 319 g/mol.